The summed E-state index contributed by atoms with van der Waals surface area (Å²) in [6.45, 7) is 5.23. The number of aryl methyl sites for hydroxylation is 2. The molecule has 24 heavy (non-hydrogen) atoms. The Morgan fingerprint density at radius 1 is 1.21 bits per heavy atom. The van der Waals surface area contributed by atoms with Crippen molar-refractivity contribution >= 4 is 17.6 Å². The van der Waals surface area contributed by atoms with Crippen molar-refractivity contribution in [1.82, 2.24) is 10.2 Å². The number of carbonyl (C=O) groups is 2. The Hall–Kier alpha value is -2.04. The Morgan fingerprint density at radius 3 is 2.54 bits per heavy atom. The Bertz CT molecular complexity index is 650. The molecule has 1 heterocycles. The zero-order valence-electron chi connectivity index (χ0n) is 14.8. The lowest BCUT2D eigenvalue weighted by Gasteiger charge is -2.28. The number of hydrogen-bond acceptors (Lipinski definition) is 2. The van der Waals surface area contributed by atoms with Crippen molar-refractivity contribution < 1.29 is 9.59 Å². The van der Waals surface area contributed by atoms with Gasteiger partial charge in [0.05, 0.1) is 5.92 Å². The summed E-state index contributed by atoms with van der Waals surface area (Å²) in [5, 5.41) is 5.80. The van der Waals surface area contributed by atoms with Crippen LogP contribution in [0.1, 0.15) is 36.8 Å². The van der Waals surface area contributed by atoms with Gasteiger partial charge < -0.3 is 15.5 Å². The van der Waals surface area contributed by atoms with Crippen LogP contribution in [0, 0.1) is 25.2 Å². The minimum absolute atomic E-state index is 0.0280. The minimum Gasteiger partial charge on any atom is -0.359 e. The van der Waals surface area contributed by atoms with Gasteiger partial charge in [0.25, 0.3) is 0 Å². The number of anilines is 1. The molecule has 1 aromatic carbocycles. The molecule has 1 aromatic rings. The van der Waals surface area contributed by atoms with Gasteiger partial charge in [-0.3, -0.25) is 4.79 Å². The Kier molecular flexibility index (Phi) is 4.52. The summed E-state index contributed by atoms with van der Waals surface area (Å²) in [6, 6.07) is 5.91. The van der Waals surface area contributed by atoms with E-state index in [0.717, 1.165) is 36.9 Å². The minimum atomic E-state index is -0.0976. The number of nitrogens with zero attached hydrogens (tertiary/aromatic N) is 1. The van der Waals surface area contributed by atoms with E-state index in [1.807, 2.05) is 30.9 Å². The van der Waals surface area contributed by atoms with Crippen molar-refractivity contribution in [2.75, 3.05) is 25.5 Å². The van der Waals surface area contributed by atoms with Crippen LogP contribution < -0.4 is 10.6 Å². The summed E-state index contributed by atoms with van der Waals surface area (Å²) < 4.78 is 0. The highest BCUT2D eigenvalue weighted by molar-refractivity contribution is 5.91. The van der Waals surface area contributed by atoms with Gasteiger partial charge in [0.2, 0.25) is 5.91 Å². The summed E-state index contributed by atoms with van der Waals surface area (Å²) in [5.41, 5.74) is 3.05. The fraction of sp³-hybridized carbons (Fsp3) is 0.579. The standard InChI is InChI=1S/C19H27N3O2/c1-13-6-7-16(14(2)10-13)21-18(24)22-11-15(17(23)20-3)19(12-22)8-4-5-9-19/h6-7,10,15H,4-5,8-9,11-12H2,1-3H3,(H,20,23)(H,21,24)/t15-/m1/s1. The molecule has 3 amide bonds. The molecular formula is C19H27N3O2. The monoisotopic (exact) mass is 329 g/mol. The third-order valence-electron chi connectivity index (χ3n) is 5.72. The quantitative estimate of drug-likeness (QED) is 0.876. The lowest BCUT2D eigenvalue weighted by Crippen LogP contribution is -2.38. The van der Waals surface area contributed by atoms with Gasteiger partial charge in [-0.05, 0) is 38.3 Å². The molecule has 2 aliphatic rings. The topological polar surface area (TPSA) is 61.4 Å². The van der Waals surface area contributed by atoms with E-state index in [1.165, 1.54) is 5.56 Å². The Labute approximate surface area is 143 Å². The van der Waals surface area contributed by atoms with Crippen LogP contribution in [0.2, 0.25) is 0 Å². The van der Waals surface area contributed by atoms with E-state index in [2.05, 4.69) is 16.7 Å². The highest BCUT2D eigenvalue weighted by atomic mass is 16.2. The molecule has 1 spiro atoms. The summed E-state index contributed by atoms with van der Waals surface area (Å²) in [4.78, 5) is 26.9. The molecule has 5 heteroatoms. The predicted molar refractivity (Wildman–Crippen MR) is 95.0 cm³/mol. The van der Waals surface area contributed by atoms with Crippen molar-refractivity contribution in [3.63, 3.8) is 0 Å². The van der Waals surface area contributed by atoms with Crippen LogP contribution in [0.15, 0.2) is 18.2 Å². The van der Waals surface area contributed by atoms with Crippen molar-refractivity contribution in [2.24, 2.45) is 11.3 Å². The lowest BCUT2D eigenvalue weighted by molar-refractivity contribution is -0.127. The van der Waals surface area contributed by atoms with E-state index in [4.69, 9.17) is 0 Å². The number of urea groups is 1. The van der Waals surface area contributed by atoms with Crippen LogP contribution in [0.4, 0.5) is 10.5 Å². The number of amides is 3. The first-order valence-electron chi connectivity index (χ1n) is 8.80. The Morgan fingerprint density at radius 2 is 1.92 bits per heavy atom. The molecular weight excluding hydrogens is 302 g/mol. The molecule has 2 N–H and O–H groups in total. The predicted octanol–water partition coefficient (Wildman–Crippen LogP) is 3.07. The molecule has 0 radical (unpaired) electrons. The third-order valence-corrected chi connectivity index (χ3v) is 5.72. The van der Waals surface area contributed by atoms with Gasteiger partial charge in [0.15, 0.2) is 0 Å². The van der Waals surface area contributed by atoms with Crippen LogP contribution in [0.3, 0.4) is 0 Å². The molecule has 130 valence electrons. The maximum absolute atomic E-state index is 12.7. The van der Waals surface area contributed by atoms with Crippen LogP contribution in [0.25, 0.3) is 0 Å². The SMILES string of the molecule is CNC(=O)[C@H]1CN(C(=O)Nc2ccc(C)cc2C)CC12CCCC2. The van der Waals surface area contributed by atoms with E-state index in [1.54, 1.807) is 7.05 Å². The number of likely N-dealkylation sites (tertiary alicyclic amines) is 1. The molecule has 3 rings (SSSR count). The smallest absolute Gasteiger partial charge is 0.321 e. The Balaban J connectivity index is 1.75. The number of rotatable bonds is 2. The summed E-state index contributed by atoms with van der Waals surface area (Å²) in [6.07, 6.45) is 4.39. The molecule has 0 aromatic heterocycles. The van der Waals surface area contributed by atoms with Gasteiger partial charge in [-0.2, -0.15) is 0 Å². The van der Waals surface area contributed by atoms with E-state index < -0.39 is 0 Å². The van der Waals surface area contributed by atoms with E-state index >= 15 is 0 Å². The maximum atomic E-state index is 12.7. The normalized spacial score (nSPS) is 22.0. The highest BCUT2D eigenvalue weighted by Crippen LogP contribution is 2.49. The van der Waals surface area contributed by atoms with Gasteiger partial charge >= 0.3 is 6.03 Å². The number of carbonyl (C=O) groups excluding carboxylic acids is 2. The maximum Gasteiger partial charge on any atom is 0.321 e. The molecule has 0 bridgehead atoms. The zero-order valence-corrected chi connectivity index (χ0v) is 14.8. The first-order chi connectivity index (χ1) is 11.4. The summed E-state index contributed by atoms with van der Waals surface area (Å²) in [5.74, 6) is -0.0198. The van der Waals surface area contributed by atoms with Crippen molar-refractivity contribution in [1.29, 1.82) is 0 Å². The van der Waals surface area contributed by atoms with E-state index in [9.17, 15) is 9.59 Å². The average Bonchev–Trinajstić information content (AvgIpc) is 3.17. The molecule has 5 nitrogen and oxygen atoms in total. The van der Waals surface area contributed by atoms with Crippen LogP contribution in [0.5, 0.6) is 0 Å². The molecule has 1 atom stereocenters. The second kappa shape index (κ2) is 6.46. The van der Waals surface area contributed by atoms with Crippen LogP contribution >= 0.6 is 0 Å². The first-order valence-corrected chi connectivity index (χ1v) is 8.80. The van der Waals surface area contributed by atoms with Gasteiger partial charge in [0, 0.05) is 31.2 Å². The van der Waals surface area contributed by atoms with Crippen molar-refractivity contribution in [2.45, 2.75) is 39.5 Å². The highest BCUT2D eigenvalue weighted by Gasteiger charge is 2.52. The zero-order chi connectivity index (χ0) is 17.3. The van der Waals surface area contributed by atoms with E-state index in [-0.39, 0.29) is 23.3 Å². The average molecular weight is 329 g/mol. The largest absolute Gasteiger partial charge is 0.359 e. The fourth-order valence-electron chi connectivity index (χ4n) is 4.39. The van der Waals surface area contributed by atoms with E-state index in [0.29, 0.717) is 13.1 Å². The summed E-state index contributed by atoms with van der Waals surface area (Å²) in [7, 11) is 1.68. The molecule has 1 aliphatic carbocycles. The fourth-order valence-corrected chi connectivity index (χ4v) is 4.39. The second-order valence-corrected chi connectivity index (χ2v) is 7.37. The molecule has 0 unspecified atom stereocenters. The molecule has 1 aliphatic heterocycles. The first kappa shape index (κ1) is 16.8. The van der Waals surface area contributed by atoms with Gasteiger partial charge in [-0.25, -0.2) is 4.79 Å². The molecule has 2 fully saturated rings. The number of benzene rings is 1. The lowest BCUT2D eigenvalue weighted by atomic mass is 9.76. The van der Waals surface area contributed by atoms with Crippen LogP contribution in [-0.2, 0) is 4.79 Å². The van der Waals surface area contributed by atoms with Gasteiger partial charge in [0.1, 0.15) is 0 Å². The third kappa shape index (κ3) is 2.99. The van der Waals surface area contributed by atoms with Crippen LogP contribution in [-0.4, -0.2) is 37.0 Å². The second-order valence-electron chi connectivity index (χ2n) is 7.37. The molecule has 1 saturated carbocycles. The summed E-state index contributed by atoms with van der Waals surface area (Å²) >= 11 is 0. The van der Waals surface area contributed by atoms with Gasteiger partial charge in [-0.1, -0.05) is 30.5 Å². The number of nitrogens with one attached hydrogen (secondary N) is 2. The molecule has 1 saturated heterocycles. The van der Waals surface area contributed by atoms with Crippen molar-refractivity contribution in [3.05, 3.63) is 29.3 Å². The van der Waals surface area contributed by atoms with Gasteiger partial charge in [-0.15, -0.1) is 0 Å². The number of hydrogen-bond donors (Lipinski definition) is 2. The van der Waals surface area contributed by atoms with Crippen molar-refractivity contribution in [3.8, 4) is 0 Å².